The van der Waals surface area contributed by atoms with Gasteiger partial charge in [-0.25, -0.2) is 0 Å². The fraction of sp³-hybridized carbons (Fsp3) is 1.00. The lowest BCUT2D eigenvalue weighted by Crippen LogP contribution is -2.51. The molecule has 0 spiro atoms. The number of hydrogen-bond donors (Lipinski definition) is 0. The first-order chi connectivity index (χ1) is 10.9. The molecule has 0 N–H and O–H groups in total. The van der Waals surface area contributed by atoms with Gasteiger partial charge >= 0.3 is 0 Å². The fourth-order valence-electron chi connectivity index (χ4n) is 2.58. The van der Waals surface area contributed by atoms with Crippen molar-refractivity contribution < 1.29 is 0 Å². The molecule has 0 amide bonds. The topological polar surface area (TPSA) is 0 Å². The second-order valence-electron chi connectivity index (χ2n) is 10.9. The van der Waals surface area contributed by atoms with E-state index in [4.69, 9.17) is 0 Å². The summed E-state index contributed by atoms with van der Waals surface area (Å²) >= 11 is 0. The Balaban J connectivity index is 6.05. The van der Waals surface area contributed by atoms with Gasteiger partial charge in [0.2, 0.25) is 0 Å². The second-order valence-corrected chi connectivity index (χ2v) is 26.5. The van der Waals surface area contributed by atoms with Crippen LogP contribution in [0.3, 0.4) is 0 Å². The predicted octanol–water partition coefficient (Wildman–Crippen LogP) is 3.86. The molecule has 0 aliphatic heterocycles. The maximum absolute atomic E-state index is 2.93. The van der Waals surface area contributed by atoms with E-state index < -0.39 is 29.5 Å². The summed E-state index contributed by atoms with van der Waals surface area (Å²) in [5.74, 6) is 5.33. The molecule has 0 aliphatic rings. The summed E-state index contributed by atoms with van der Waals surface area (Å²) in [7, 11) is -1.60. The lowest BCUT2D eigenvalue weighted by atomic mass is 10.3. The maximum Gasteiger partial charge on any atom is 0.164 e. The van der Waals surface area contributed by atoms with Gasteiger partial charge in [0.1, 0.15) is 22.7 Å². The lowest BCUT2D eigenvalue weighted by molar-refractivity contribution is 0.779. The van der Waals surface area contributed by atoms with E-state index in [0.29, 0.717) is 38.2 Å². The molecule has 0 aromatic rings. The van der Waals surface area contributed by atoms with Crippen molar-refractivity contribution >= 4 is 52.2 Å². The van der Waals surface area contributed by atoms with Crippen LogP contribution in [-0.4, -0.2) is 83.6 Å². The third-order valence-electron chi connectivity index (χ3n) is 5.29. The number of hydrogen-bond acceptors (Lipinski definition) is 0. The Bertz CT molecular complexity index is 414. The van der Waals surface area contributed by atoms with Crippen LogP contribution in [0.2, 0.25) is 6.55 Å². The van der Waals surface area contributed by atoms with Crippen molar-refractivity contribution in [1.29, 1.82) is 0 Å². The molecule has 7 heteroatoms. The molecule has 0 saturated carbocycles. The lowest BCUT2D eigenvalue weighted by Gasteiger charge is -2.51. The van der Waals surface area contributed by atoms with Gasteiger partial charge in [-0.15, -0.1) is 0 Å². The molecule has 0 aromatic heterocycles. The van der Waals surface area contributed by atoms with Crippen LogP contribution in [0.4, 0.5) is 0 Å². The van der Waals surface area contributed by atoms with Crippen molar-refractivity contribution in [3.63, 3.8) is 0 Å². The Morgan fingerprint density at radius 2 is 0.692 bits per heavy atom. The average Bonchev–Trinajstić information content (AvgIpc) is 2.19. The van der Waals surface area contributed by atoms with Crippen LogP contribution in [0.1, 0.15) is 62.3 Å². The molecule has 0 heterocycles. The zero-order chi connectivity index (χ0) is 21.6. The Hall–Kier alpha value is 1.70. The van der Waals surface area contributed by atoms with E-state index in [1.165, 1.54) is 0 Å². The van der Waals surface area contributed by atoms with E-state index in [2.05, 4.69) is 88.9 Å². The summed E-state index contributed by atoms with van der Waals surface area (Å²) in [5, 5.41) is 1.90. The summed E-state index contributed by atoms with van der Waals surface area (Å²) in [6.07, 6.45) is 0. The molecule has 0 fully saturated rings. The molecular formula is C19H54B3P3Si. The molecule has 3 unspecified atom stereocenters. The zero-order valence-corrected chi connectivity index (χ0v) is 22.1. The molecule has 0 bridgehead atoms. The normalized spacial score (nSPS) is 23.5. The minimum atomic E-state index is -1.15. The van der Waals surface area contributed by atoms with E-state index in [1.54, 1.807) is 17.4 Å². The largest absolute Gasteiger partial charge is 0.164 e. The quantitative estimate of drug-likeness (QED) is 0.439. The summed E-state index contributed by atoms with van der Waals surface area (Å²) in [6, 6.07) is 0. The molecule has 0 aliphatic carbocycles. The molecule has 0 saturated heterocycles. The molecule has 0 radical (unpaired) electrons. The van der Waals surface area contributed by atoms with Crippen molar-refractivity contribution in [2.75, 3.05) is 37.4 Å². The van der Waals surface area contributed by atoms with Crippen LogP contribution in [0.5, 0.6) is 0 Å². The summed E-state index contributed by atoms with van der Waals surface area (Å²) in [4.78, 5) is 0. The first-order valence-corrected chi connectivity index (χ1v) is 18.1. The van der Waals surface area contributed by atoms with E-state index in [-0.39, 0.29) is 0 Å². The minimum Gasteiger partial charge on any atom is -0.159 e. The van der Waals surface area contributed by atoms with Gasteiger partial charge in [-0.05, 0) is 62.3 Å². The van der Waals surface area contributed by atoms with Crippen molar-refractivity contribution in [2.45, 2.75) is 84.3 Å². The molecule has 26 heavy (non-hydrogen) atoms. The van der Waals surface area contributed by atoms with Crippen LogP contribution >= 0.6 is 21.4 Å². The standard InChI is InChI=1S/C19H54B3P3Si/c1-17(2,3)23(10,20)14-26(13,15-24(11,21)18(4,5)6)16-25(12,22)19(7,8)9/h14-16H2,1-13,20-22H3. The van der Waals surface area contributed by atoms with E-state index in [1.807, 2.05) is 0 Å². The first kappa shape index (κ1) is 27.7. The smallest absolute Gasteiger partial charge is 0.159 e. The van der Waals surface area contributed by atoms with Crippen LogP contribution in [-0.2, 0) is 0 Å². The Morgan fingerprint density at radius 1 is 0.538 bits per heavy atom. The summed E-state index contributed by atoms with van der Waals surface area (Å²) in [5.41, 5.74) is 0. The van der Waals surface area contributed by atoms with Crippen LogP contribution < -0.4 is 0 Å². The summed E-state index contributed by atoms with van der Waals surface area (Å²) in [6.45, 7) is 34.7. The van der Waals surface area contributed by atoms with Crippen molar-refractivity contribution in [3.05, 3.63) is 0 Å². The SMILES string of the molecule is [BH3-][P+](C)(C[Si](C)(C[P+]([BH3-])(C)C(C)(C)C)C[P+]([BH3-])(C)C(C)(C)C)C(C)(C)C. The highest BCUT2D eigenvalue weighted by molar-refractivity contribution is 8.03. The van der Waals surface area contributed by atoms with Gasteiger partial charge in [0.05, 0.1) is 0 Å². The van der Waals surface area contributed by atoms with Gasteiger partial charge in [-0.2, -0.15) is 21.4 Å². The summed E-state index contributed by atoms with van der Waals surface area (Å²) < 4.78 is 0. The van der Waals surface area contributed by atoms with Gasteiger partial charge in [-0.1, -0.05) is 6.55 Å². The van der Waals surface area contributed by atoms with Crippen molar-refractivity contribution in [3.8, 4) is 0 Å². The highest BCUT2D eigenvalue weighted by Gasteiger charge is 2.52. The predicted molar refractivity (Wildman–Crippen MR) is 154 cm³/mol. The Kier molecular flexibility index (Phi) is 8.62. The molecule has 158 valence electrons. The Morgan fingerprint density at radius 3 is 0.808 bits per heavy atom. The second kappa shape index (κ2) is 8.09. The van der Waals surface area contributed by atoms with E-state index in [9.17, 15) is 0 Å². The minimum absolute atomic E-state index is 0.472. The van der Waals surface area contributed by atoms with Gasteiger partial charge in [0, 0.05) is 52.8 Å². The van der Waals surface area contributed by atoms with Gasteiger partial charge in [0.15, 0.2) is 8.07 Å². The fourth-order valence-corrected chi connectivity index (χ4v) is 25.9. The Labute approximate surface area is 173 Å². The third-order valence-corrected chi connectivity index (χ3v) is 27.0. The van der Waals surface area contributed by atoms with E-state index in [0.717, 1.165) is 0 Å². The third kappa shape index (κ3) is 7.19. The molecule has 0 nitrogen and oxygen atoms in total. The van der Waals surface area contributed by atoms with Crippen LogP contribution in [0.15, 0.2) is 0 Å². The van der Waals surface area contributed by atoms with E-state index >= 15 is 0 Å². The van der Waals surface area contributed by atoms with Crippen LogP contribution in [0, 0.1) is 0 Å². The molecule has 3 atom stereocenters. The average molecular weight is 436 g/mol. The number of rotatable bonds is 6. The monoisotopic (exact) mass is 436 g/mol. The highest BCUT2D eigenvalue weighted by Crippen LogP contribution is 2.70. The van der Waals surface area contributed by atoms with Crippen LogP contribution in [0.25, 0.3) is 0 Å². The molecule has 0 aromatic carbocycles. The maximum atomic E-state index is 2.93. The van der Waals surface area contributed by atoms with Gasteiger partial charge in [-0.3, -0.25) is 0 Å². The first-order valence-electron chi connectivity index (χ1n) is 9.02. The van der Waals surface area contributed by atoms with Crippen molar-refractivity contribution in [1.82, 2.24) is 0 Å². The zero-order valence-electron chi connectivity index (χ0n) is 18.5. The van der Waals surface area contributed by atoms with Gasteiger partial charge in [0.25, 0.3) is 0 Å². The van der Waals surface area contributed by atoms with Gasteiger partial charge < -0.3 is 0 Å². The molecule has 0 rings (SSSR count). The highest BCUT2D eigenvalue weighted by atomic mass is 31.2. The van der Waals surface area contributed by atoms with Crippen molar-refractivity contribution in [2.24, 2.45) is 0 Å². The molecular weight excluding hydrogens is 382 g/mol.